The lowest BCUT2D eigenvalue weighted by Crippen LogP contribution is -2.43. The first-order chi connectivity index (χ1) is 23.2. The Labute approximate surface area is 276 Å². The first-order valence-corrected chi connectivity index (χ1v) is 17.0. The molecule has 1 saturated heterocycles. The Bertz CT molecular complexity index is 2320. The van der Waals surface area contributed by atoms with E-state index in [1.54, 1.807) is 49.5 Å². The molecular formula is C35H33FN8O3S. The van der Waals surface area contributed by atoms with E-state index >= 15 is 4.39 Å². The number of nitrogens with zero attached hydrogens (tertiary/aromatic N) is 6. The highest BCUT2D eigenvalue weighted by Crippen LogP contribution is 2.28. The van der Waals surface area contributed by atoms with Crippen molar-refractivity contribution in [2.75, 3.05) is 36.4 Å². The zero-order valence-electron chi connectivity index (χ0n) is 26.4. The molecule has 11 nitrogen and oxygen atoms in total. The Morgan fingerprint density at radius 1 is 0.938 bits per heavy atom. The number of nitrogens with one attached hydrogen (secondary N) is 2. The minimum absolute atomic E-state index is 0.110. The number of imidazole rings is 1. The number of aromatic nitrogens is 5. The number of piperazine rings is 1. The highest BCUT2D eigenvalue weighted by Gasteiger charge is 2.24. The fourth-order valence-electron chi connectivity index (χ4n) is 5.98. The lowest BCUT2D eigenvalue weighted by Gasteiger charge is -2.29. The second kappa shape index (κ2) is 12.7. The van der Waals surface area contributed by atoms with Crippen LogP contribution in [0.2, 0.25) is 0 Å². The van der Waals surface area contributed by atoms with Gasteiger partial charge in [-0.3, -0.25) is 9.36 Å². The van der Waals surface area contributed by atoms with Gasteiger partial charge in [0.05, 0.1) is 34.1 Å². The number of hydrogen-bond acceptors (Lipinski definition) is 9. The molecule has 0 amide bonds. The summed E-state index contributed by atoms with van der Waals surface area (Å²) in [6.45, 7) is 6.82. The van der Waals surface area contributed by atoms with Crippen LogP contribution in [0.1, 0.15) is 16.8 Å². The molecule has 0 atom stereocenters. The molecule has 0 unspecified atom stereocenters. The SMILES string of the molecule is Cc1ccccc1Cn1c(=O)c(-c2ncn(S(=O)(=O)c3ccccc3)c2C)cc2cnc(Nc3ccc(N4CCNCC4)c(F)c3)nc21. The van der Waals surface area contributed by atoms with E-state index < -0.39 is 15.6 Å². The van der Waals surface area contributed by atoms with Crippen molar-refractivity contribution in [3.05, 3.63) is 124 Å². The Hall–Kier alpha value is -5.40. The number of rotatable bonds is 8. The highest BCUT2D eigenvalue weighted by atomic mass is 32.2. The van der Waals surface area contributed by atoms with Crippen molar-refractivity contribution >= 4 is 38.4 Å². The minimum atomic E-state index is -3.94. The smallest absolute Gasteiger partial charge is 0.269 e. The number of pyridine rings is 1. The summed E-state index contributed by atoms with van der Waals surface area (Å²) in [5, 5.41) is 6.91. The van der Waals surface area contributed by atoms with Crippen molar-refractivity contribution in [1.82, 2.24) is 28.8 Å². The van der Waals surface area contributed by atoms with Gasteiger partial charge in [-0.25, -0.2) is 26.7 Å². The van der Waals surface area contributed by atoms with Gasteiger partial charge in [0.25, 0.3) is 15.6 Å². The molecule has 0 saturated carbocycles. The average molecular weight is 665 g/mol. The van der Waals surface area contributed by atoms with E-state index in [-0.39, 0.29) is 34.5 Å². The van der Waals surface area contributed by atoms with Gasteiger partial charge in [0, 0.05) is 43.4 Å². The van der Waals surface area contributed by atoms with Crippen LogP contribution in [0.4, 0.5) is 21.7 Å². The Balaban J connectivity index is 1.30. The van der Waals surface area contributed by atoms with Crippen LogP contribution in [0.25, 0.3) is 22.3 Å². The third-order valence-corrected chi connectivity index (χ3v) is 10.4. The molecular weight excluding hydrogens is 632 g/mol. The lowest BCUT2D eigenvalue weighted by molar-refractivity contribution is 0.566. The maximum absolute atomic E-state index is 15.2. The third-order valence-electron chi connectivity index (χ3n) is 8.60. The summed E-state index contributed by atoms with van der Waals surface area (Å²) >= 11 is 0. The molecule has 244 valence electrons. The van der Waals surface area contributed by atoms with Crippen LogP contribution < -0.4 is 21.1 Å². The molecule has 6 aromatic rings. The molecule has 0 aliphatic carbocycles. The topological polar surface area (TPSA) is 127 Å². The van der Waals surface area contributed by atoms with Crippen LogP contribution in [0.3, 0.4) is 0 Å². The standard InChI is InChI=1S/C35H33FN8O3S/c1-23-8-6-7-9-25(23)21-43-33-26(20-38-35(41-33)40-27-12-13-31(30(36)19-27)42-16-14-37-15-17-42)18-29(34(43)45)32-24(2)44(22-39-32)48(46,47)28-10-4-3-5-11-28/h3-13,18-20,22,37H,14-17,21H2,1-2H3,(H,38,40,41). The zero-order chi connectivity index (χ0) is 33.4. The number of aryl methyl sites for hydroxylation is 1. The quantitative estimate of drug-likeness (QED) is 0.235. The van der Waals surface area contributed by atoms with Gasteiger partial charge in [0.2, 0.25) is 5.95 Å². The molecule has 48 heavy (non-hydrogen) atoms. The van der Waals surface area contributed by atoms with Gasteiger partial charge in [-0.2, -0.15) is 4.98 Å². The third kappa shape index (κ3) is 5.82. The van der Waals surface area contributed by atoms with Gasteiger partial charge in [-0.05, 0) is 61.4 Å². The first-order valence-electron chi connectivity index (χ1n) is 15.5. The largest absolute Gasteiger partial charge is 0.367 e. The van der Waals surface area contributed by atoms with E-state index in [2.05, 4.69) is 20.6 Å². The summed E-state index contributed by atoms with van der Waals surface area (Å²) in [7, 11) is -3.94. The summed E-state index contributed by atoms with van der Waals surface area (Å²) < 4.78 is 44.7. The molecule has 0 radical (unpaired) electrons. The number of fused-ring (bicyclic) bond motifs is 1. The second-order valence-electron chi connectivity index (χ2n) is 11.7. The van der Waals surface area contributed by atoms with Crippen molar-refractivity contribution < 1.29 is 12.8 Å². The summed E-state index contributed by atoms with van der Waals surface area (Å²) in [6, 6.07) is 22.4. The summed E-state index contributed by atoms with van der Waals surface area (Å²) in [5.74, 6) is -0.162. The minimum Gasteiger partial charge on any atom is -0.367 e. The van der Waals surface area contributed by atoms with Gasteiger partial charge in [-0.1, -0.05) is 42.5 Å². The number of hydrogen-bond donors (Lipinski definition) is 2. The van der Waals surface area contributed by atoms with Crippen molar-refractivity contribution in [2.24, 2.45) is 0 Å². The molecule has 3 aromatic carbocycles. The van der Waals surface area contributed by atoms with Crippen molar-refractivity contribution in [2.45, 2.75) is 25.3 Å². The van der Waals surface area contributed by atoms with E-state index in [0.29, 0.717) is 28.1 Å². The number of halogens is 1. The molecule has 13 heteroatoms. The van der Waals surface area contributed by atoms with Crippen LogP contribution in [0, 0.1) is 19.7 Å². The van der Waals surface area contributed by atoms with Crippen molar-refractivity contribution in [3.63, 3.8) is 0 Å². The molecule has 1 aliphatic heterocycles. The number of anilines is 3. The average Bonchev–Trinajstić information content (AvgIpc) is 3.49. The predicted octanol–water partition coefficient (Wildman–Crippen LogP) is 4.85. The molecule has 4 heterocycles. The summed E-state index contributed by atoms with van der Waals surface area (Å²) in [5.41, 5.74) is 3.61. The summed E-state index contributed by atoms with van der Waals surface area (Å²) in [6.07, 6.45) is 2.80. The van der Waals surface area contributed by atoms with Gasteiger partial charge >= 0.3 is 0 Å². The van der Waals surface area contributed by atoms with Crippen LogP contribution >= 0.6 is 0 Å². The van der Waals surface area contributed by atoms with E-state index in [4.69, 9.17) is 4.98 Å². The number of benzene rings is 3. The first kappa shape index (κ1) is 31.2. The second-order valence-corrected chi connectivity index (χ2v) is 13.5. The fourth-order valence-corrected chi connectivity index (χ4v) is 7.32. The van der Waals surface area contributed by atoms with Crippen molar-refractivity contribution in [1.29, 1.82) is 0 Å². The van der Waals surface area contributed by atoms with Gasteiger partial charge in [0.1, 0.15) is 17.8 Å². The molecule has 2 N–H and O–H groups in total. The normalized spacial score (nSPS) is 13.6. The maximum Gasteiger partial charge on any atom is 0.269 e. The lowest BCUT2D eigenvalue weighted by atomic mass is 10.1. The van der Waals surface area contributed by atoms with Crippen LogP contribution in [-0.2, 0) is 16.6 Å². The molecule has 3 aromatic heterocycles. The van der Waals surface area contributed by atoms with Crippen molar-refractivity contribution in [3.8, 4) is 11.3 Å². The Morgan fingerprint density at radius 2 is 1.69 bits per heavy atom. The monoisotopic (exact) mass is 664 g/mol. The van der Waals surface area contributed by atoms with E-state index in [1.807, 2.05) is 36.1 Å². The maximum atomic E-state index is 15.2. The molecule has 7 rings (SSSR count). The predicted molar refractivity (Wildman–Crippen MR) is 184 cm³/mol. The van der Waals surface area contributed by atoms with Gasteiger partial charge in [0.15, 0.2) is 0 Å². The van der Waals surface area contributed by atoms with Gasteiger partial charge in [-0.15, -0.1) is 0 Å². The Kier molecular flexibility index (Phi) is 8.23. The van der Waals surface area contributed by atoms with E-state index in [9.17, 15) is 13.2 Å². The summed E-state index contributed by atoms with van der Waals surface area (Å²) in [4.78, 5) is 30.0. The molecule has 1 fully saturated rings. The van der Waals surface area contributed by atoms with Crippen LogP contribution in [-0.4, -0.2) is 58.1 Å². The Morgan fingerprint density at radius 3 is 2.44 bits per heavy atom. The molecule has 1 aliphatic rings. The van der Waals surface area contributed by atoms with E-state index in [1.165, 1.54) is 29.1 Å². The van der Waals surface area contributed by atoms with Gasteiger partial charge < -0.3 is 15.5 Å². The van der Waals surface area contributed by atoms with Crippen LogP contribution in [0.15, 0.2) is 101 Å². The fraction of sp³-hybridized carbons (Fsp3) is 0.200. The molecule has 0 bridgehead atoms. The highest BCUT2D eigenvalue weighted by molar-refractivity contribution is 7.90. The molecule has 0 spiro atoms. The van der Waals surface area contributed by atoms with E-state index in [0.717, 1.165) is 41.3 Å². The zero-order valence-corrected chi connectivity index (χ0v) is 27.2. The van der Waals surface area contributed by atoms with Crippen LogP contribution in [0.5, 0.6) is 0 Å².